The summed E-state index contributed by atoms with van der Waals surface area (Å²) >= 11 is 0. The Balaban J connectivity index is 2.95. The first-order chi connectivity index (χ1) is 12.9. The summed E-state index contributed by atoms with van der Waals surface area (Å²) in [6, 6.07) is 0. The lowest BCUT2D eigenvalue weighted by Crippen LogP contribution is -1.98. The van der Waals surface area contributed by atoms with Gasteiger partial charge in [-0.05, 0) is 19.3 Å². The summed E-state index contributed by atoms with van der Waals surface area (Å²) in [5, 5.41) is 0. The molecule has 0 saturated heterocycles. The lowest BCUT2D eigenvalue weighted by molar-refractivity contribution is 0.147. The monoisotopic (exact) mass is 367 g/mol. The molecule has 0 aromatic carbocycles. The van der Waals surface area contributed by atoms with Gasteiger partial charge in [-0.2, -0.15) is 0 Å². The summed E-state index contributed by atoms with van der Waals surface area (Å²) in [5.74, 6) is 0. The fraction of sp³-hybridized carbons (Fsp3) is 0.960. The predicted octanol–water partition coefficient (Wildman–Crippen LogP) is 9.05. The van der Waals surface area contributed by atoms with E-state index in [1.165, 1.54) is 128 Å². The van der Waals surface area contributed by atoms with Crippen molar-refractivity contribution < 1.29 is 4.74 Å². The van der Waals surface area contributed by atoms with Gasteiger partial charge in [0.1, 0.15) is 0 Å². The van der Waals surface area contributed by atoms with Crippen molar-refractivity contribution in [1.82, 2.24) is 0 Å². The molecule has 26 heavy (non-hydrogen) atoms. The van der Waals surface area contributed by atoms with E-state index < -0.39 is 0 Å². The fourth-order valence-electron chi connectivity index (χ4n) is 3.54. The molecule has 0 saturated carbocycles. The topological polar surface area (TPSA) is 9.23 Å². The molecule has 0 aromatic heterocycles. The van der Waals surface area contributed by atoms with Gasteiger partial charge in [0.15, 0.2) is 0 Å². The first kappa shape index (κ1) is 26.0. The standard InChI is InChI=1S/C25H51O/c1-3-5-7-9-11-12-13-14-15-16-17-19-21-23-25-26-24-22-20-18-10-8-6-4-2/h23H,3-22,24-25H2,1-2H3. The van der Waals surface area contributed by atoms with Gasteiger partial charge in [0.2, 0.25) is 0 Å². The summed E-state index contributed by atoms with van der Waals surface area (Å²) < 4.78 is 5.71. The third-order valence-electron chi connectivity index (χ3n) is 5.39. The van der Waals surface area contributed by atoms with E-state index in [0.717, 1.165) is 13.2 Å². The van der Waals surface area contributed by atoms with Crippen molar-refractivity contribution in [2.45, 2.75) is 142 Å². The van der Waals surface area contributed by atoms with Gasteiger partial charge in [-0.1, -0.05) is 129 Å². The van der Waals surface area contributed by atoms with Crippen LogP contribution in [-0.4, -0.2) is 13.2 Å². The maximum atomic E-state index is 5.71. The van der Waals surface area contributed by atoms with Crippen LogP contribution in [0.4, 0.5) is 0 Å². The van der Waals surface area contributed by atoms with Crippen molar-refractivity contribution in [1.29, 1.82) is 0 Å². The number of rotatable bonds is 23. The minimum atomic E-state index is 0.869. The predicted molar refractivity (Wildman–Crippen MR) is 119 cm³/mol. The lowest BCUT2D eigenvalue weighted by atomic mass is 10.0. The zero-order valence-corrected chi connectivity index (χ0v) is 18.5. The average molecular weight is 368 g/mol. The normalized spacial score (nSPS) is 11.3. The Kier molecular flexibility index (Phi) is 24.9. The van der Waals surface area contributed by atoms with E-state index in [1.807, 2.05) is 0 Å². The van der Waals surface area contributed by atoms with Gasteiger partial charge in [-0.15, -0.1) is 0 Å². The van der Waals surface area contributed by atoms with E-state index in [-0.39, 0.29) is 0 Å². The van der Waals surface area contributed by atoms with Crippen LogP contribution >= 0.6 is 0 Å². The number of ether oxygens (including phenoxy) is 1. The Labute approximate surface area is 167 Å². The quantitative estimate of drug-likeness (QED) is 0.164. The maximum Gasteiger partial charge on any atom is 0.0497 e. The third kappa shape index (κ3) is 24.0. The van der Waals surface area contributed by atoms with E-state index in [0.29, 0.717) is 0 Å². The number of unbranched alkanes of at least 4 members (excludes halogenated alkanes) is 19. The molecule has 1 radical (unpaired) electrons. The van der Waals surface area contributed by atoms with E-state index in [2.05, 4.69) is 20.3 Å². The number of hydrogen-bond acceptors (Lipinski definition) is 1. The summed E-state index contributed by atoms with van der Waals surface area (Å²) in [4.78, 5) is 0. The minimum Gasteiger partial charge on any atom is -0.381 e. The Morgan fingerprint density at radius 1 is 0.462 bits per heavy atom. The van der Waals surface area contributed by atoms with Crippen molar-refractivity contribution in [2.75, 3.05) is 13.2 Å². The average Bonchev–Trinajstić information content (AvgIpc) is 2.66. The zero-order valence-electron chi connectivity index (χ0n) is 18.5. The Bertz CT molecular complexity index is 202. The Morgan fingerprint density at radius 3 is 1.31 bits per heavy atom. The van der Waals surface area contributed by atoms with Gasteiger partial charge in [0, 0.05) is 13.2 Å². The molecule has 0 aromatic rings. The van der Waals surface area contributed by atoms with Gasteiger partial charge in [0.25, 0.3) is 0 Å². The molecule has 0 aliphatic heterocycles. The van der Waals surface area contributed by atoms with Crippen LogP contribution in [0.25, 0.3) is 0 Å². The van der Waals surface area contributed by atoms with Crippen LogP contribution in [-0.2, 0) is 4.74 Å². The molecule has 0 spiro atoms. The molecule has 0 heterocycles. The molecule has 0 atom stereocenters. The minimum absolute atomic E-state index is 0.869. The zero-order chi connectivity index (χ0) is 19.0. The van der Waals surface area contributed by atoms with Crippen LogP contribution in [0.15, 0.2) is 0 Å². The Hall–Kier alpha value is -0.0400. The smallest absolute Gasteiger partial charge is 0.0497 e. The van der Waals surface area contributed by atoms with E-state index in [4.69, 9.17) is 4.74 Å². The van der Waals surface area contributed by atoms with Crippen molar-refractivity contribution in [3.05, 3.63) is 6.42 Å². The van der Waals surface area contributed by atoms with Crippen LogP contribution in [0, 0.1) is 6.42 Å². The molecule has 0 aliphatic rings. The molecule has 1 nitrogen and oxygen atoms in total. The Morgan fingerprint density at radius 2 is 0.846 bits per heavy atom. The molecular weight excluding hydrogens is 316 g/mol. The second kappa shape index (κ2) is 25.0. The molecule has 157 valence electrons. The molecular formula is C25H51O. The highest BCUT2D eigenvalue weighted by Gasteiger charge is 1.95. The highest BCUT2D eigenvalue weighted by atomic mass is 16.5. The van der Waals surface area contributed by atoms with Gasteiger partial charge in [-0.25, -0.2) is 0 Å². The van der Waals surface area contributed by atoms with Crippen LogP contribution in [0.1, 0.15) is 142 Å². The van der Waals surface area contributed by atoms with Crippen LogP contribution in [0.5, 0.6) is 0 Å². The van der Waals surface area contributed by atoms with Crippen molar-refractivity contribution >= 4 is 0 Å². The van der Waals surface area contributed by atoms with E-state index >= 15 is 0 Å². The van der Waals surface area contributed by atoms with Crippen LogP contribution < -0.4 is 0 Å². The summed E-state index contributed by atoms with van der Waals surface area (Å²) in [6.45, 7) is 6.40. The summed E-state index contributed by atoms with van der Waals surface area (Å²) in [6.07, 6.45) is 30.4. The van der Waals surface area contributed by atoms with Gasteiger partial charge < -0.3 is 4.74 Å². The first-order valence-electron chi connectivity index (χ1n) is 12.3. The molecule has 0 unspecified atom stereocenters. The maximum absolute atomic E-state index is 5.71. The van der Waals surface area contributed by atoms with Crippen molar-refractivity contribution in [3.63, 3.8) is 0 Å². The highest BCUT2D eigenvalue weighted by Crippen LogP contribution is 2.13. The number of hydrogen-bond donors (Lipinski definition) is 0. The van der Waals surface area contributed by atoms with Crippen molar-refractivity contribution in [2.24, 2.45) is 0 Å². The van der Waals surface area contributed by atoms with Crippen molar-refractivity contribution in [3.8, 4) is 0 Å². The summed E-state index contributed by atoms with van der Waals surface area (Å²) in [5.41, 5.74) is 0. The van der Waals surface area contributed by atoms with E-state index in [9.17, 15) is 0 Å². The molecule has 0 N–H and O–H groups in total. The SMILES string of the molecule is CCCCCCCCCCCCCC[CH]COCCCCCCCCC. The molecule has 0 bridgehead atoms. The second-order valence-electron chi connectivity index (χ2n) is 8.16. The second-order valence-corrected chi connectivity index (χ2v) is 8.16. The molecule has 0 aliphatic carbocycles. The summed E-state index contributed by atoms with van der Waals surface area (Å²) in [7, 11) is 0. The van der Waals surface area contributed by atoms with E-state index in [1.54, 1.807) is 0 Å². The third-order valence-corrected chi connectivity index (χ3v) is 5.39. The largest absolute Gasteiger partial charge is 0.381 e. The molecule has 0 fully saturated rings. The van der Waals surface area contributed by atoms with Gasteiger partial charge in [0.05, 0.1) is 0 Å². The lowest BCUT2D eigenvalue weighted by Gasteiger charge is -2.05. The van der Waals surface area contributed by atoms with Crippen LogP contribution in [0.3, 0.4) is 0 Å². The van der Waals surface area contributed by atoms with Gasteiger partial charge >= 0.3 is 0 Å². The molecule has 0 rings (SSSR count). The fourth-order valence-corrected chi connectivity index (χ4v) is 3.54. The first-order valence-corrected chi connectivity index (χ1v) is 12.3. The molecule has 1 heteroatoms. The highest BCUT2D eigenvalue weighted by molar-refractivity contribution is 4.63. The van der Waals surface area contributed by atoms with Gasteiger partial charge in [-0.3, -0.25) is 0 Å². The molecule has 0 amide bonds. The van der Waals surface area contributed by atoms with Crippen LogP contribution in [0.2, 0.25) is 0 Å².